The van der Waals surface area contributed by atoms with Crippen molar-refractivity contribution in [3.05, 3.63) is 108 Å². The van der Waals surface area contributed by atoms with Gasteiger partial charge >= 0.3 is 6.03 Å². The molecule has 0 unspecified atom stereocenters. The summed E-state index contributed by atoms with van der Waals surface area (Å²) in [4.78, 5) is 15.7. The molecule has 2 amide bonds. The monoisotopic (exact) mass is 387 g/mol. The molecule has 0 aliphatic heterocycles. The van der Waals surface area contributed by atoms with E-state index in [9.17, 15) is 9.18 Å². The number of carbonyl (C=O) groups excluding carboxylic acids is 1. The third-order valence-corrected chi connectivity index (χ3v) is 5.03. The molecule has 0 aliphatic carbocycles. The largest absolute Gasteiger partial charge is 0.361 e. The molecular formula is C24H22FN3O. The number of carbonyl (C=O) groups is 1. The summed E-state index contributed by atoms with van der Waals surface area (Å²) in [5.74, 6) is -0.272. The Morgan fingerprint density at radius 2 is 1.62 bits per heavy atom. The molecule has 0 radical (unpaired) electrons. The summed E-state index contributed by atoms with van der Waals surface area (Å²) in [6.45, 7) is 0.802. The first-order valence-electron chi connectivity index (χ1n) is 9.58. The van der Waals surface area contributed by atoms with Gasteiger partial charge in [-0.3, -0.25) is 0 Å². The lowest BCUT2D eigenvalue weighted by atomic mass is 9.91. The molecule has 0 bridgehead atoms. The van der Waals surface area contributed by atoms with Crippen LogP contribution in [-0.2, 0) is 6.54 Å². The molecule has 146 valence electrons. The van der Waals surface area contributed by atoms with Crippen LogP contribution < -0.4 is 10.6 Å². The van der Waals surface area contributed by atoms with Gasteiger partial charge in [-0.15, -0.1) is 0 Å². The minimum absolute atomic E-state index is 0.0175. The van der Waals surface area contributed by atoms with Crippen LogP contribution in [0.1, 0.15) is 22.6 Å². The van der Waals surface area contributed by atoms with Crippen molar-refractivity contribution in [3.8, 4) is 0 Å². The average Bonchev–Trinajstić information content (AvgIpc) is 3.18. The fraction of sp³-hybridized carbons (Fsp3) is 0.125. The van der Waals surface area contributed by atoms with Gasteiger partial charge in [-0.25, -0.2) is 9.18 Å². The topological polar surface area (TPSA) is 56.9 Å². The van der Waals surface area contributed by atoms with Crippen LogP contribution in [0.15, 0.2) is 85.1 Å². The number of rotatable bonds is 6. The number of fused-ring (bicyclic) bond motifs is 1. The minimum Gasteiger partial charge on any atom is -0.361 e. The number of nitrogens with one attached hydrogen (secondary N) is 3. The molecule has 5 heteroatoms. The molecule has 4 nitrogen and oxygen atoms in total. The Balaban J connectivity index is 1.47. The number of aromatic nitrogens is 1. The number of halogens is 1. The number of H-pyrrole nitrogens is 1. The third kappa shape index (κ3) is 4.46. The van der Waals surface area contributed by atoms with Gasteiger partial charge in [0.15, 0.2) is 0 Å². The maximum absolute atomic E-state index is 13.0. The van der Waals surface area contributed by atoms with Gasteiger partial charge in [-0.05, 0) is 34.9 Å². The van der Waals surface area contributed by atoms with Crippen LogP contribution in [0.5, 0.6) is 0 Å². The Bertz CT molecular complexity index is 1090. The first kappa shape index (κ1) is 18.7. The van der Waals surface area contributed by atoms with E-state index < -0.39 is 0 Å². The first-order chi connectivity index (χ1) is 14.2. The van der Waals surface area contributed by atoms with E-state index in [1.54, 1.807) is 12.1 Å². The average molecular weight is 387 g/mol. The Labute approximate surface area is 168 Å². The maximum atomic E-state index is 13.0. The second-order valence-electron chi connectivity index (χ2n) is 6.94. The molecule has 4 rings (SSSR count). The van der Waals surface area contributed by atoms with Crippen LogP contribution in [0.3, 0.4) is 0 Å². The van der Waals surface area contributed by atoms with E-state index in [-0.39, 0.29) is 17.8 Å². The predicted molar refractivity (Wildman–Crippen MR) is 113 cm³/mol. The molecule has 4 aromatic rings. The number of para-hydroxylation sites is 1. The van der Waals surface area contributed by atoms with E-state index in [0.717, 1.165) is 27.6 Å². The molecule has 0 saturated heterocycles. The van der Waals surface area contributed by atoms with Crippen molar-refractivity contribution in [2.75, 3.05) is 6.54 Å². The van der Waals surface area contributed by atoms with Crippen molar-refractivity contribution < 1.29 is 9.18 Å². The molecule has 0 saturated carbocycles. The quantitative estimate of drug-likeness (QED) is 0.431. The molecule has 0 fully saturated rings. The van der Waals surface area contributed by atoms with Crippen molar-refractivity contribution in [3.63, 3.8) is 0 Å². The molecule has 0 aliphatic rings. The molecule has 3 N–H and O–H groups in total. The highest BCUT2D eigenvalue weighted by molar-refractivity contribution is 5.84. The second-order valence-corrected chi connectivity index (χ2v) is 6.94. The lowest BCUT2D eigenvalue weighted by molar-refractivity contribution is 0.240. The first-order valence-corrected chi connectivity index (χ1v) is 9.58. The summed E-state index contributed by atoms with van der Waals surface area (Å²) in [5, 5.41) is 6.95. The molecule has 1 heterocycles. The lowest BCUT2D eigenvalue weighted by Crippen LogP contribution is -2.37. The van der Waals surface area contributed by atoms with E-state index in [0.29, 0.717) is 13.1 Å². The summed E-state index contributed by atoms with van der Waals surface area (Å²) in [6, 6.07) is 24.1. The molecule has 0 spiro atoms. The number of hydrogen-bond donors (Lipinski definition) is 3. The fourth-order valence-electron chi connectivity index (χ4n) is 3.52. The standard InChI is InChI=1S/C24H22FN3O/c25-19-12-10-17(11-13-19)14-27-24(29)28-15-21(18-6-2-1-3-7-18)22-16-26-23-9-5-4-8-20(22)23/h1-13,16,21,26H,14-15H2,(H2,27,28,29)/t21-/m1/s1. The summed E-state index contributed by atoms with van der Waals surface area (Å²) < 4.78 is 13.0. The van der Waals surface area contributed by atoms with Gasteiger partial charge in [-0.1, -0.05) is 60.7 Å². The molecule has 1 atom stereocenters. The Hall–Kier alpha value is -3.60. The van der Waals surface area contributed by atoms with Gasteiger partial charge in [0.1, 0.15) is 5.82 Å². The Morgan fingerprint density at radius 3 is 2.41 bits per heavy atom. The smallest absolute Gasteiger partial charge is 0.315 e. The minimum atomic E-state index is -0.289. The number of urea groups is 1. The van der Waals surface area contributed by atoms with Crippen LogP contribution in [0.4, 0.5) is 9.18 Å². The van der Waals surface area contributed by atoms with Gasteiger partial charge in [-0.2, -0.15) is 0 Å². The number of amides is 2. The highest BCUT2D eigenvalue weighted by Gasteiger charge is 2.18. The zero-order valence-electron chi connectivity index (χ0n) is 15.9. The number of aromatic amines is 1. The molecule has 3 aromatic carbocycles. The van der Waals surface area contributed by atoms with Crippen molar-refractivity contribution in [1.82, 2.24) is 15.6 Å². The maximum Gasteiger partial charge on any atom is 0.315 e. The van der Waals surface area contributed by atoms with Crippen molar-refractivity contribution in [2.24, 2.45) is 0 Å². The normalized spacial score (nSPS) is 11.9. The second kappa shape index (κ2) is 8.61. The van der Waals surface area contributed by atoms with Gasteiger partial charge in [0.05, 0.1) is 0 Å². The van der Waals surface area contributed by atoms with E-state index in [2.05, 4.69) is 33.8 Å². The van der Waals surface area contributed by atoms with Crippen molar-refractivity contribution in [2.45, 2.75) is 12.5 Å². The SMILES string of the molecule is O=C(NCc1ccc(F)cc1)NC[C@H](c1ccccc1)c1c[nH]c2ccccc12. The van der Waals surface area contributed by atoms with Crippen LogP contribution in [0, 0.1) is 5.82 Å². The number of hydrogen-bond acceptors (Lipinski definition) is 1. The van der Waals surface area contributed by atoms with Gasteiger partial charge in [0.2, 0.25) is 0 Å². The fourth-order valence-corrected chi connectivity index (χ4v) is 3.52. The Kier molecular flexibility index (Phi) is 5.56. The van der Waals surface area contributed by atoms with E-state index in [1.165, 1.54) is 12.1 Å². The van der Waals surface area contributed by atoms with Gasteiger partial charge in [0, 0.05) is 36.1 Å². The highest BCUT2D eigenvalue weighted by atomic mass is 19.1. The predicted octanol–water partition coefficient (Wildman–Crippen LogP) is 4.94. The van der Waals surface area contributed by atoms with Crippen LogP contribution in [0.2, 0.25) is 0 Å². The lowest BCUT2D eigenvalue weighted by Gasteiger charge is -2.18. The van der Waals surface area contributed by atoms with E-state index in [4.69, 9.17) is 0 Å². The molecule has 1 aromatic heterocycles. The zero-order chi connectivity index (χ0) is 20.1. The van der Waals surface area contributed by atoms with Gasteiger partial charge in [0.25, 0.3) is 0 Å². The van der Waals surface area contributed by atoms with Crippen molar-refractivity contribution >= 4 is 16.9 Å². The summed E-state index contributed by atoms with van der Waals surface area (Å²) in [7, 11) is 0. The van der Waals surface area contributed by atoms with Crippen molar-refractivity contribution in [1.29, 1.82) is 0 Å². The van der Waals surface area contributed by atoms with E-state index in [1.807, 2.05) is 42.6 Å². The highest BCUT2D eigenvalue weighted by Crippen LogP contribution is 2.30. The van der Waals surface area contributed by atoms with Crippen LogP contribution >= 0.6 is 0 Å². The Morgan fingerprint density at radius 1 is 0.897 bits per heavy atom. The molecular weight excluding hydrogens is 365 g/mol. The summed E-state index contributed by atoms with van der Waals surface area (Å²) in [6.07, 6.45) is 2.01. The molecule has 29 heavy (non-hydrogen) atoms. The van der Waals surface area contributed by atoms with Crippen LogP contribution in [-0.4, -0.2) is 17.6 Å². The van der Waals surface area contributed by atoms with Crippen LogP contribution in [0.25, 0.3) is 10.9 Å². The van der Waals surface area contributed by atoms with Gasteiger partial charge < -0.3 is 15.6 Å². The summed E-state index contributed by atoms with van der Waals surface area (Å²) in [5.41, 5.74) is 4.20. The number of benzene rings is 3. The van der Waals surface area contributed by atoms with E-state index >= 15 is 0 Å². The zero-order valence-corrected chi connectivity index (χ0v) is 15.9. The third-order valence-electron chi connectivity index (χ3n) is 5.03. The summed E-state index contributed by atoms with van der Waals surface area (Å²) >= 11 is 0.